The van der Waals surface area contributed by atoms with E-state index >= 15 is 0 Å². The third-order valence-electron chi connectivity index (χ3n) is 3.46. The van der Waals surface area contributed by atoms with Crippen molar-refractivity contribution in [2.75, 3.05) is 42.7 Å². The third kappa shape index (κ3) is 2.30. The van der Waals surface area contributed by atoms with E-state index in [2.05, 4.69) is 0 Å². The average molecular weight is 308 g/mol. The van der Waals surface area contributed by atoms with Gasteiger partial charge in [0.15, 0.2) is 23.0 Å². The minimum Gasteiger partial charge on any atom is -0.496 e. The first-order chi connectivity index (χ1) is 10.7. The van der Waals surface area contributed by atoms with E-state index in [4.69, 9.17) is 28.4 Å². The fourth-order valence-corrected chi connectivity index (χ4v) is 2.49. The maximum absolute atomic E-state index is 5.52. The fourth-order valence-electron chi connectivity index (χ4n) is 2.49. The predicted octanol–water partition coefficient (Wildman–Crippen LogP) is 2.89. The van der Waals surface area contributed by atoms with Gasteiger partial charge >= 0.3 is 0 Å². The van der Waals surface area contributed by atoms with Crippen LogP contribution in [0.5, 0.6) is 34.5 Å². The second-order valence-corrected chi connectivity index (χ2v) is 4.38. The Morgan fingerprint density at radius 2 is 0.818 bits per heavy atom. The monoisotopic (exact) mass is 308 g/mol. The Balaban J connectivity index is 3.08. The van der Waals surface area contributed by atoms with E-state index in [1.165, 1.54) is 0 Å². The number of fused-ring (bicyclic) bond motifs is 1. The molecule has 2 aromatic carbocycles. The molecular formula is C16H20O6. The van der Waals surface area contributed by atoms with E-state index < -0.39 is 0 Å². The van der Waals surface area contributed by atoms with Crippen LogP contribution in [0.25, 0.3) is 10.8 Å². The molecule has 2 aromatic rings. The molecule has 0 aliphatic rings. The lowest BCUT2D eigenvalue weighted by atomic mass is 10.0. The molecule has 0 aliphatic heterocycles. The molecule has 0 radical (unpaired) electrons. The van der Waals surface area contributed by atoms with Crippen LogP contribution in [0, 0.1) is 0 Å². The van der Waals surface area contributed by atoms with E-state index in [-0.39, 0.29) is 0 Å². The number of benzene rings is 2. The Bertz CT molecular complexity index is 626. The summed E-state index contributed by atoms with van der Waals surface area (Å²) in [6.07, 6.45) is 0. The van der Waals surface area contributed by atoms with Gasteiger partial charge in [-0.2, -0.15) is 0 Å². The molecule has 120 valence electrons. The van der Waals surface area contributed by atoms with Gasteiger partial charge in [-0.1, -0.05) is 0 Å². The van der Waals surface area contributed by atoms with Crippen LogP contribution in [0.3, 0.4) is 0 Å². The van der Waals surface area contributed by atoms with Crippen LogP contribution in [0.4, 0.5) is 0 Å². The number of hydrogen-bond acceptors (Lipinski definition) is 6. The van der Waals surface area contributed by atoms with Crippen LogP contribution in [0.2, 0.25) is 0 Å². The molecule has 0 fully saturated rings. The van der Waals surface area contributed by atoms with Gasteiger partial charge in [0.1, 0.15) is 11.5 Å². The Kier molecular flexibility index (Phi) is 4.70. The van der Waals surface area contributed by atoms with Crippen LogP contribution >= 0.6 is 0 Å². The molecule has 0 heterocycles. The first-order valence-corrected chi connectivity index (χ1v) is 6.58. The van der Waals surface area contributed by atoms with Gasteiger partial charge in [0, 0.05) is 12.1 Å². The van der Waals surface area contributed by atoms with Gasteiger partial charge in [0.25, 0.3) is 0 Å². The first-order valence-electron chi connectivity index (χ1n) is 6.58. The van der Waals surface area contributed by atoms with Crippen molar-refractivity contribution in [3.8, 4) is 34.5 Å². The van der Waals surface area contributed by atoms with Crippen LogP contribution in [-0.2, 0) is 0 Å². The molecule has 0 atom stereocenters. The van der Waals surface area contributed by atoms with Crippen LogP contribution < -0.4 is 28.4 Å². The summed E-state index contributed by atoms with van der Waals surface area (Å²) in [6, 6.07) is 3.49. The second kappa shape index (κ2) is 6.51. The Morgan fingerprint density at radius 1 is 0.455 bits per heavy atom. The summed E-state index contributed by atoms with van der Waals surface area (Å²) in [5, 5.41) is 1.39. The van der Waals surface area contributed by atoms with Crippen molar-refractivity contribution < 1.29 is 28.4 Å². The zero-order valence-corrected chi connectivity index (χ0v) is 13.6. The van der Waals surface area contributed by atoms with Gasteiger partial charge in [-0.15, -0.1) is 0 Å². The highest BCUT2D eigenvalue weighted by molar-refractivity contribution is 6.05. The number of ether oxygens (including phenoxy) is 6. The molecule has 6 heteroatoms. The van der Waals surface area contributed by atoms with Crippen molar-refractivity contribution in [2.24, 2.45) is 0 Å². The Hall–Kier alpha value is -2.50. The van der Waals surface area contributed by atoms with Crippen molar-refractivity contribution in [1.29, 1.82) is 0 Å². The largest absolute Gasteiger partial charge is 0.496 e. The summed E-state index contributed by atoms with van der Waals surface area (Å²) in [6.45, 7) is 0. The van der Waals surface area contributed by atoms with Crippen LogP contribution in [-0.4, -0.2) is 42.7 Å². The number of methoxy groups -OCH3 is 6. The summed E-state index contributed by atoms with van der Waals surface area (Å²) in [7, 11) is 9.41. The Labute approximate surface area is 129 Å². The van der Waals surface area contributed by atoms with Crippen molar-refractivity contribution in [3.63, 3.8) is 0 Å². The highest BCUT2D eigenvalue weighted by Gasteiger charge is 2.24. The molecule has 0 aliphatic carbocycles. The van der Waals surface area contributed by atoms with E-state index in [9.17, 15) is 0 Å². The molecular weight excluding hydrogens is 288 g/mol. The molecule has 0 spiro atoms. The molecule has 0 amide bonds. The van der Waals surface area contributed by atoms with Crippen LogP contribution in [0.1, 0.15) is 0 Å². The zero-order chi connectivity index (χ0) is 16.3. The second-order valence-electron chi connectivity index (χ2n) is 4.38. The minimum atomic E-state index is 0.521. The van der Waals surface area contributed by atoms with Gasteiger partial charge in [-0.25, -0.2) is 0 Å². The Morgan fingerprint density at radius 3 is 1.09 bits per heavy atom. The van der Waals surface area contributed by atoms with Crippen molar-refractivity contribution in [2.45, 2.75) is 0 Å². The lowest BCUT2D eigenvalue weighted by Crippen LogP contribution is -2.00. The quantitative estimate of drug-likeness (QED) is 0.818. The van der Waals surface area contributed by atoms with Gasteiger partial charge in [0.05, 0.1) is 53.4 Å². The summed E-state index contributed by atoms with van der Waals surface area (Å²) in [5.41, 5.74) is 0. The average Bonchev–Trinajstić information content (AvgIpc) is 2.58. The molecule has 0 saturated carbocycles. The molecule has 22 heavy (non-hydrogen) atoms. The van der Waals surface area contributed by atoms with Gasteiger partial charge in [-0.3, -0.25) is 0 Å². The predicted molar refractivity (Wildman–Crippen MR) is 83.3 cm³/mol. The van der Waals surface area contributed by atoms with Crippen molar-refractivity contribution in [1.82, 2.24) is 0 Å². The number of hydrogen-bond donors (Lipinski definition) is 0. The lowest BCUT2D eigenvalue weighted by Gasteiger charge is -2.20. The molecule has 6 nitrogen and oxygen atoms in total. The van der Waals surface area contributed by atoms with Gasteiger partial charge in [0.2, 0.25) is 0 Å². The van der Waals surface area contributed by atoms with Crippen molar-refractivity contribution in [3.05, 3.63) is 12.1 Å². The number of rotatable bonds is 6. The van der Waals surface area contributed by atoms with Crippen molar-refractivity contribution >= 4 is 10.8 Å². The topological polar surface area (TPSA) is 55.4 Å². The molecule has 2 rings (SSSR count). The normalized spacial score (nSPS) is 10.3. The minimum absolute atomic E-state index is 0.521. The summed E-state index contributed by atoms with van der Waals surface area (Å²) in [4.78, 5) is 0. The lowest BCUT2D eigenvalue weighted by molar-refractivity contribution is 0.341. The standard InChI is InChI=1S/C16H20O6/c1-17-9-7-11(19-3)15(21-5)14-13(9)10(18-2)8-12(20-4)16(14)22-6/h7-8H,1-6H3. The highest BCUT2D eigenvalue weighted by atomic mass is 16.5. The maximum atomic E-state index is 5.52. The van der Waals surface area contributed by atoms with E-state index in [1.54, 1.807) is 54.8 Å². The zero-order valence-electron chi connectivity index (χ0n) is 13.6. The van der Waals surface area contributed by atoms with E-state index in [1.807, 2.05) is 0 Å². The molecule has 0 bridgehead atoms. The van der Waals surface area contributed by atoms with E-state index in [0.29, 0.717) is 39.9 Å². The van der Waals surface area contributed by atoms with Gasteiger partial charge < -0.3 is 28.4 Å². The highest BCUT2D eigenvalue weighted by Crippen LogP contribution is 2.52. The third-order valence-corrected chi connectivity index (χ3v) is 3.46. The smallest absolute Gasteiger partial charge is 0.172 e. The molecule has 0 unspecified atom stereocenters. The SMILES string of the molecule is COc1cc(OC)c2c(OC)cc(OC)c(OC)c2c1OC. The molecule has 0 N–H and O–H groups in total. The summed E-state index contributed by atoms with van der Waals surface area (Å²) < 4.78 is 32.8. The van der Waals surface area contributed by atoms with Gasteiger partial charge in [-0.05, 0) is 0 Å². The van der Waals surface area contributed by atoms with Crippen LogP contribution in [0.15, 0.2) is 12.1 Å². The van der Waals surface area contributed by atoms with E-state index in [0.717, 1.165) is 5.39 Å². The first kappa shape index (κ1) is 15.9. The maximum Gasteiger partial charge on any atom is 0.172 e. The summed E-state index contributed by atoms with van der Waals surface area (Å²) >= 11 is 0. The fraction of sp³-hybridized carbons (Fsp3) is 0.375. The molecule has 0 aromatic heterocycles. The summed E-state index contributed by atoms with van der Waals surface area (Å²) in [5.74, 6) is 3.27. The molecule has 0 saturated heterocycles.